The van der Waals surface area contributed by atoms with Crippen molar-refractivity contribution in [1.29, 1.82) is 0 Å². The van der Waals surface area contributed by atoms with Gasteiger partial charge < -0.3 is 9.47 Å². The SMILES string of the molecule is Cn1ncc2c(Oc3ccc(OCc4ccccc4)cc3)ncnc21. The van der Waals surface area contributed by atoms with Crippen molar-refractivity contribution in [2.75, 3.05) is 0 Å². The number of ether oxygens (including phenoxy) is 2. The second kappa shape index (κ2) is 6.60. The van der Waals surface area contributed by atoms with Gasteiger partial charge in [0.2, 0.25) is 5.88 Å². The summed E-state index contributed by atoms with van der Waals surface area (Å²) >= 11 is 0. The molecule has 6 nitrogen and oxygen atoms in total. The van der Waals surface area contributed by atoms with Gasteiger partial charge >= 0.3 is 0 Å². The largest absolute Gasteiger partial charge is 0.489 e. The molecule has 0 aliphatic carbocycles. The van der Waals surface area contributed by atoms with Gasteiger partial charge in [-0.15, -0.1) is 0 Å². The first kappa shape index (κ1) is 15.1. The van der Waals surface area contributed by atoms with E-state index in [-0.39, 0.29) is 0 Å². The van der Waals surface area contributed by atoms with Crippen LogP contribution in [0.3, 0.4) is 0 Å². The molecule has 0 unspecified atom stereocenters. The Labute approximate surface area is 144 Å². The molecular weight excluding hydrogens is 316 g/mol. The molecule has 0 fully saturated rings. The van der Waals surface area contributed by atoms with Crippen molar-refractivity contribution in [2.24, 2.45) is 7.05 Å². The van der Waals surface area contributed by atoms with Crippen LogP contribution in [0.15, 0.2) is 67.1 Å². The van der Waals surface area contributed by atoms with Crippen LogP contribution in [0, 0.1) is 0 Å². The molecule has 25 heavy (non-hydrogen) atoms. The molecule has 0 bridgehead atoms. The van der Waals surface area contributed by atoms with Crippen LogP contribution in [0.4, 0.5) is 0 Å². The highest BCUT2D eigenvalue weighted by Gasteiger charge is 2.09. The standard InChI is InChI=1S/C19H16N4O2/c1-23-18-17(11-22-23)19(21-13-20-18)25-16-9-7-15(8-10-16)24-12-14-5-3-2-4-6-14/h2-11,13H,12H2,1H3. The molecule has 0 aliphatic heterocycles. The highest BCUT2D eigenvalue weighted by molar-refractivity contribution is 5.79. The van der Waals surface area contributed by atoms with E-state index in [1.165, 1.54) is 6.33 Å². The summed E-state index contributed by atoms with van der Waals surface area (Å²) in [6.07, 6.45) is 3.17. The Balaban J connectivity index is 1.46. The van der Waals surface area contributed by atoms with Crippen molar-refractivity contribution in [2.45, 2.75) is 6.61 Å². The highest BCUT2D eigenvalue weighted by atomic mass is 16.5. The molecule has 0 N–H and O–H groups in total. The average molecular weight is 332 g/mol. The average Bonchev–Trinajstić information content (AvgIpc) is 3.04. The molecule has 6 heteroatoms. The number of hydrogen-bond acceptors (Lipinski definition) is 5. The van der Waals surface area contributed by atoms with Crippen LogP contribution in [0.5, 0.6) is 17.4 Å². The van der Waals surface area contributed by atoms with E-state index in [9.17, 15) is 0 Å². The molecular formula is C19H16N4O2. The zero-order chi connectivity index (χ0) is 17.1. The Hall–Kier alpha value is -3.41. The molecule has 0 spiro atoms. The van der Waals surface area contributed by atoms with E-state index in [2.05, 4.69) is 15.1 Å². The lowest BCUT2D eigenvalue weighted by Gasteiger charge is -2.08. The first-order chi connectivity index (χ1) is 12.3. The van der Waals surface area contributed by atoms with Crippen LogP contribution < -0.4 is 9.47 Å². The molecule has 124 valence electrons. The number of benzene rings is 2. The maximum atomic E-state index is 5.86. The fourth-order valence-electron chi connectivity index (χ4n) is 2.48. The second-order valence-corrected chi connectivity index (χ2v) is 5.53. The fraction of sp³-hybridized carbons (Fsp3) is 0.105. The summed E-state index contributed by atoms with van der Waals surface area (Å²) in [5.74, 6) is 1.94. The number of hydrogen-bond donors (Lipinski definition) is 0. The summed E-state index contributed by atoms with van der Waals surface area (Å²) in [5, 5.41) is 4.95. The molecule has 0 atom stereocenters. The summed E-state index contributed by atoms with van der Waals surface area (Å²) < 4.78 is 13.3. The maximum Gasteiger partial charge on any atom is 0.233 e. The monoisotopic (exact) mass is 332 g/mol. The van der Waals surface area contributed by atoms with E-state index in [4.69, 9.17) is 9.47 Å². The lowest BCUT2D eigenvalue weighted by atomic mass is 10.2. The van der Waals surface area contributed by atoms with Gasteiger partial charge in [-0.1, -0.05) is 30.3 Å². The Kier molecular flexibility index (Phi) is 4.00. The van der Waals surface area contributed by atoms with E-state index in [0.717, 1.165) is 22.3 Å². The summed E-state index contributed by atoms with van der Waals surface area (Å²) in [5.41, 5.74) is 1.86. The number of aryl methyl sites for hydroxylation is 1. The molecule has 0 saturated heterocycles. The molecule has 2 aromatic carbocycles. The predicted octanol–water partition coefficient (Wildman–Crippen LogP) is 3.73. The summed E-state index contributed by atoms with van der Waals surface area (Å²) in [4.78, 5) is 8.40. The minimum atomic E-state index is 0.482. The van der Waals surface area contributed by atoms with Crippen molar-refractivity contribution < 1.29 is 9.47 Å². The number of aromatic nitrogens is 4. The number of fused-ring (bicyclic) bond motifs is 1. The number of nitrogens with zero attached hydrogens (tertiary/aromatic N) is 4. The normalized spacial score (nSPS) is 10.8. The topological polar surface area (TPSA) is 62.1 Å². The van der Waals surface area contributed by atoms with Gasteiger partial charge in [0.15, 0.2) is 5.65 Å². The quantitative estimate of drug-likeness (QED) is 0.557. The van der Waals surface area contributed by atoms with Crippen molar-refractivity contribution in [3.05, 3.63) is 72.7 Å². The number of rotatable bonds is 5. The molecule has 2 aromatic heterocycles. The van der Waals surface area contributed by atoms with E-state index in [1.54, 1.807) is 10.9 Å². The van der Waals surface area contributed by atoms with Gasteiger partial charge in [-0.2, -0.15) is 5.10 Å². The molecule has 0 radical (unpaired) electrons. The zero-order valence-electron chi connectivity index (χ0n) is 13.7. The van der Waals surface area contributed by atoms with Gasteiger partial charge in [-0.25, -0.2) is 9.97 Å². The van der Waals surface area contributed by atoms with Crippen LogP contribution in [0.1, 0.15) is 5.56 Å². The molecule has 0 saturated carbocycles. The molecule has 0 amide bonds. The first-order valence-corrected chi connectivity index (χ1v) is 7.87. The van der Waals surface area contributed by atoms with Gasteiger partial charge in [-0.3, -0.25) is 4.68 Å². The first-order valence-electron chi connectivity index (χ1n) is 7.87. The van der Waals surface area contributed by atoms with E-state index >= 15 is 0 Å². The van der Waals surface area contributed by atoms with E-state index < -0.39 is 0 Å². The van der Waals surface area contributed by atoms with Gasteiger partial charge in [0.1, 0.15) is 29.8 Å². The van der Waals surface area contributed by atoms with Crippen molar-refractivity contribution in [1.82, 2.24) is 19.7 Å². The summed E-state index contributed by atoms with van der Waals surface area (Å²) in [7, 11) is 1.83. The summed E-state index contributed by atoms with van der Waals surface area (Å²) in [6, 6.07) is 17.5. The molecule has 0 aliphatic rings. The third kappa shape index (κ3) is 3.28. The van der Waals surface area contributed by atoms with Crippen LogP contribution in [0.2, 0.25) is 0 Å². The fourth-order valence-corrected chi connectivity index (χ4v) is 2.48. The smallest absolute Gasteiger partial charge is 0.233 e. The van der Waals surface area contributed by atoms with Crippen molar-refractivity contribution in [3.8, 4) is 17.4 Å². The Morgan fingerprint density at radius 2 is 1.68 bits per heavy atom. The summed E-state index contributed by atoms with van der Waals surface area (Å²) in [6.45, 7) is 0.531. The van der Waals surface area contributed by atoms with Gasteiger partial charge in [0.05, 0.1) is 6.20 Å². The van der Waals surface area contributed by atoms with Crippen LogP contribution in [0.25, 0.3) is 11.0 Å². The minimum absolute atomic E-state index is 0.482. The third-order valence-electron chi connectivity index (χ3n) is 3.78. The van der Waals surface area contributed by atoms with E-state index in [1.807, 2.05) is 61.6 Å². The van der Waals surface area contributed by atoms with Crippen molar-refractivity contribution in [3.63, 3.8) is 0 Å². The lowest BCUT2D eigenvalue weighted by Crippen LogP contribution is -1.95. The Morgan fingerprint density at radius 1 is 0.920 bits per heavy atom. The van der Waals surface area contributed by atoms with Crippen LogP contribution in [-0.4, -0.2) is 19.7 Å². The Morgan fingerprint density at radius 3 is 2.48 bits per heavy atom. The maximum absolute atomic E-state index is 5.86. The van der Waals surface area contributed by atoms with Gasteiger partial charge in [-0.05, 0) is 29.8 Å². The van der Waals surface area contributed by atoms with Crippen LogP contribution in [-0.2, 0) is 13.7 Å². The van der Waals surface area contributed by atoms with Gasteiger partial charge in [0, 0.05) is 7.05 Å². The van der Waals surface area contributed by atoms with Gasteiger partial charge in [0.25, 0.3) is 0 Å². The molecule has 4 aromatic rings. The Bertz CT molecular complexity index is 981. The predicted molar refractivity (Wildman–Crippen MR) is 93.6 cm³/mol. The highest BCUT2D eigenvalue weighted by Crippen LogP contribution is 2.27. The lowest BCUT2D eigenvalue weighted by molar-refractivity contribution is 0.305. The third-order valence-corrected chi connectivity index (χ3v) is 3.78. The van der Waals surface area contributed by atoms with Crippen molar-refractivity contribution >= 4 is 11.0 Å². The zero-order valence-corrected chi connectivity index (χ0v) is 13.7. The minimum Gasteiger partial charge on any atom is -0.489 e. The molecule has 2 heterocycles. The van der Waals surface area contributed by atoms with Crippen LogP contribution >= 0.6 is 0 Å². The molecule has 4 rings (SSSR count). The second-order valence-electron chi connectivity index (χ2n) is 5.53. The van der Waals surface area contributed by atoms with E-state index in [0.29, 0.717) is 18.2 Å².